The van der Waals surface area contributed by atoms with E-state index in [0.29, 0.717) is 6.54 Å². The molecule has 0 fully saturated rings. The van der Waals surface area contributed by atoms with Crippen molar-refractivity contribution in [3.63, 3.8) is 0 Å². The topological polar surface area (TPSA) is 95.2 Å². The Morgan fingerprint density at radius 1 is 1.30 bits per heavy atom. The number of urea groups is 1. The lowest BCUT2D eigenvalue weighted by atomic mass is 10.1. The summed E-state index contributed by atoms with van der Waals surface area (Å²) < 4.78 is 22.9. The number of sulfone groups is 1. The fourth-order valence-electron chi connectivity index (χ4n) is 2.07. The van der Waals surface area contributed by atoms with E-state index >= 15 is 0 Å². The van der Waals surface area contributed by atoms with E-state index in [1.165, 1.54) is 6.26 Å². The normalized spacial score (nSPS) is 12.7. The van der Waals surface area contributed by atoms with Crippen LogP contribution in [0.1, 0.15) is 24.2 Å². The first-order valence-electron chi connectivity index (χ1n) is 7.08. The molecule has 2 rings (SSSR count). The first kappa shape index (κ1) is 17.0. The first-order chi connectivity index (χ1) is 10.8. The molecule has 0 saturated heterocycles. The fourth-order valence-corrected chi connectivity index (χ4v) is 2.70. The number of benzene rings is 1. The second-order valence-electron chi connectivity index (χ2n) is 5.37. The molecule has 23 heavy (non-hydrogen) atoms. The molecule has 1 heterocycles. The number of rotatable bonds is 5. The third kappa shape index (κ3) is 4.32. The van der Waals surface area contributed by atoms with Crippen molar-refractivity contribution >= 4 is 15.9 Å². The molecule has 0 radical (unpaired) electrons. The van der Waals surface area contributed by atoms with Gasteiger partial charge >= 0.3 is 6.03 Å². The van der Waals surface area contributed by atoms with Crippen molar-refractivity contribution < 1.29 is 13.2 Å². The van der Waals surface area contributed by atoms with Crippen molar-refractivity contribution in [1.29, 1.82) is 0 Å². The van der Waals surface area contributed by atoms with Crippen molar-refractivity contribution in [3.8, 4) is 0 Å². The molecule has 124 valence electrons. The Bertz CT molecular complexity index is 755. The number of carbonyl (C=O) groups excluding carboxylic acids is 1. The smallest absolute Gasteiger partial charge is 0.317 e. The van der Waals surface area contributed by atoms with Crippen LogP contribution in [0.2, 0.25) is 0 Å². The highest BCUT2D eigenvalue weighted by atomic mass is 32.2. The maximum atomic E-state index is 12.2. The number of hydrogen-bond acceptors (Lipinski definition) is 4. The van der Waals surface area contributed by atoms with Gasteiger partial charge in [-0.25, -0.2) is 13.2 Å². The first-order valence-corrected chi connectivity index (χ1v) is 8.97. The van der Waals surface area contributed by atoms with Gasteiger partial charge in [0.1, 0.15) is 0 Å². The minimum absolute atomic E-state index is 0.189. The molecule has 2 aromatic rings. The van der Waals surface area contributed by atoms with Gasteiger partial charge in [-0.1, -0.05) is 12.1 Å². The van der Waals surface area contributed by atoms with Crippen LogP contribution in [0.15, 0.2) is 41.4 Å². The third-order valence-electron chi connectivity index (χ3n) is 3.68. The zero-order valence-corrected chi connectivity index (χ0v) is 14.1. The highest BCUT2D eigenvalue weighted by molar-refractivity contribution is 7.90. The van der Waals surface area contributed by atoms with Crippen LogP contribution in [0.5, 0.6) is 0 Å². The summed E-state index contributed by atoms with van der Waals surface area (Å²) in [5.74, 6) is 0. The van der Waals surface area contributed by atoms with Crippen LogP contribution >= 0.6 is 0 Å². The Labute approximate surface area is 135 Å². The average Bonchev–Trinajstić information content (AvgIpc) is 3.04. The van der Waals surface area contributed by atoms with E-state index in [2.05, 4.69) is 15.5 Å². The molecule has 0 aliphatic rings. The monoisotopic (exact) mass is 336 g/mol. The Morgan fingerprint density at radius 2 is 1.96 bits per heavy atom. The summed E-state index contributed by atoms with van der Waals surface area (Å²) in [7, 11) is -1.53. The van der Waals surface area contributed by atoms with E-state index in [0.717, 1.165) is 11.3 Å². The van der Waals surface area contributed by atoms with Gasteiger partial charge in [0.25, 0.3) is 0 Å². The maximum absolute atomic E-state index is 12.2. The van der Waals surface area contributed by atoms with Gasteiger partial charge in [-0.15, -0.1) is 0 Å². The van der Waals surface area contributed by atoms with E-state index in [9.17, 15) is 13.2 Å². The van der Waals surface area contributed by atoms with Gasteiger partial charge in [0.15, 0.2) is 9.84 Å². The lowest BCUT2D eigenvalue weighted by molar-refractivity contribution is 0.194. The highest BCUT2D eigenvalue weighted by Gasteiger charge is 2.18. The molecule has 2 N–H and O–H groups in total. The number of H-pyrrole nitrogens is 1. The number of carbonyl (C=O) groups is 1. The molecular weight excluding hydrogens is 316 g/mol. The highest BCUT2D eigenvalue weighted by Crippen LogP contribution is 2.20. The Kier molecular flexibility index (Phi) is 5.05. The van der Waals surface area contributed by atoms with Crippen LogP contribution in [0.3, 0.4) is 0 Å². The molecule has 1 atom stereocenters. The number of hydrogen-bond donors (Lipinski definition) is 2. The summed E-state index contributed by atoms with van der Waals surface area (Å²) in [6.45, 7) is 2.24. The van der Waals surface area contributed by atoms with Crippen LogP contribution in [-0.4, -0.2) is 42.8 Å². The van der Waals surface area contributed by atoms with Gasteiger partial charge in [0.05, 0.1) is 23.2 Å². The standard InChI is InChI=1S/C15H20N4O3S/c1-11(12-4-6-14(7-5-12)23(3,21)22)19(2)15(20)16-10-13-8-9-17-18-13/h4-9,11H,10H2,1-3H3,(H,16,20)(H,17,18)/t11-/m1/s1. The molecule has 1 aromatic carbocycles. The van der Waals surface area contributed by atoms with E-state index in [-0.39, 0.29) is 17.0 Å². The molecule has 7 nitrogen and oxygen atoms in total. The summed E-state index contributed by atoms with van der Waals surface area (Å²) >= 11 is 0. The van der Waals surface area contributed by atoms with Crippen molar-refractivity contribution in [2.24, 2.45) is 0 Å². The maximum Gasteiger partial charge on any atom is 0.317 e. The molecule has 0 saturated carbocycles. The van der Waals surface area contributed by atoms with Gasteiger partial charge in [-0.05, 0) is 30.7 Å². The number of aromatic nitrogens is 2. The SMILES string of the molecule is C[C@H](c1ccc(S(C)(=O)=O)cc1)N(C)C(=O)NCc1ccn[nH]1. The summed E-state index contributed by atoms with van der Waals surface area (Å²) in [5.41, 5.74) is 1.67. The van der Waals surface area contributed by atoms with E-state index in [1.54, 1.807) is 48.5 Å². The quantitative estimate of drug-likeness (QED) is 0.869. The van der Waals surface area contributed by atoms with Gasteiger partial charge < -0.3 is 10.2 Å². The minimum atomic E-state index is -3.22. The second kappa shape index (κ2) is 6.82. The predicted molar refractivity (Wildman–Crippen MR) is 86.6 cm³/mol. The van der Waals surface area contributed by atoms with Crippen LogP contribution in [0.4, 0.5) is 4.79 Å². The zero-order valence-electron chi connectivity index (χ0n) is 13.3. The van der Waals surface area contributed by atoms with E-state index < -0.39 is 9.84 Å². The van der Waals surface area contributed by atoms with Crippen LogP contribution in [0.25, 0.3) is 0 Å². The van der Waals surface area contributed by atoms with Crippen LogP contribution in [-0.2, 0) is 16.4 Å². The molecule has 2 amide bonds. The van der Waals surface area contributed by atoms with Crippen molar-refractivity contribution in [2.75, 3.05) is 13.3 Å². The van der Waals surface area contributed by atoms with Gasteiger partial charge in [0, 0.05) is 19.5 Å². The van der Waals surface area contributed by atoms with Crippen molar-refractivity contribution in [3.05, 3.63) is 47.8 Å². The number of aromatic amines is 1. The average molecular weight is 336 g/mol. The van der Waals surface area contributed by atoms with Crippen LogP contribution in [0, 0.1) is 0 Å². The minimum Gasteiger partial charge on any atom is -0.332 e. The molecule has 0 bridgehead atoms. The molecule has 0 aliphatic carbocycles. The summed E-state index contributed by atoms with van der Waals surface area (Å²) in [6.07, 6.45) is 2.79. The number of amides is 2. The van der Waals surface area contributed by atoms with Crippen molar-refractivity contribution in [2.45, 2.75) is 24.4 Å². The summed E-state index contributed by atoms with van der Waals surface area (Å²) in [5, 5.41) is 9.38. The summed E-state index contributed by atoms with van der Waals surface area (Å²) in [6, 6.07) is 7.92. The van der Waals surface area contributed by atoms with E-state index in [4.69, 9.17) is 0 Å². The largest absolute Gasteiger partial charge is 0.332 e. The van der Waals surface area contributed by atoms with Gasteiger partial charge in [-0.3, -0.25) is 5.10 Å². The predicted octanol–water partition coefficient (Wildman–Crippen LogP) is 1.72. The van der Waals surface area contributed by atoms with Crippen molar-refractivity contribution in [1.82, 2.24) is 20.4 Å². The Hall–Kier alpha value is -2.35. The molecule has 8 heteroatoms. The molecular formula is C15H20N4O3S. The zero-order chi connectivity index (χ0) is 17.0. The fraction of sp³-hybridized carbons (Fsp3) is 0.333. The molecule has 0 spiro atoms. The van der Waals surface area contributed by atoms with E-state index in [1.807, 2.05) is 6.92 Å². The lowest BCUT2D eigenvalue weighted by Gasteiger charge is -2.25. The molecule has 0 unspecified atom stereocenters. The number of nitrogens with zero attached hydrogens (tertiary/aromatic N) is 2. The van der Waals surface area contributed by atoms with Gasteiger partial charge in [-0.2, -0.15) is 5.10 Å². The molecule has 1 aromatic heterocycles. The Balaban J connectivity index is 2.00. The Morgan fingerprint density at radius 3 is 2.48 bits per heavy atom. The van der Waals surface area contributed by atoms with Gasteiger partial charge in [0.2, 0.25) is 0 Å². The summed E-state index contributed by atoms with van der Waals surface area (Å²) in [4.78, 5) is 14.0. The second-order valence-corrected chi connectivity index (χ2v) is 7.38. The molecule has 0 aliphatic heterocycles. The number of nitrogens with one attached hydrogen (secondary N) is 2. The lowest BCUT2D eigenvalue weighted by Crippen LogP contribution is -2.38. The van der Waals surface area contributed by atoms with Crippen LogP contribution < -0.4 is 5.32 Å². The third-order valence-corrected chi connectivity index (χ3v) is 4.81.